The van der Waals surface area contributed by atoms with Crippen molar-refractivity contribution in [3.8, 4) is 0 Å². The summed E-state index contributed by atoms with van der Waals surface area (Å²) >= 11 is 0. The molecule has 1 unspecified atom stereocenters. The second-order valence-electron chi connectivity index (χ2n) is 5.87. The lowest BCUT2D eigenvalue weighted by atomic mass is 10.0. The molecular weight excluding hydrogens is 349 g/mol. The van der Waals surface area contributed by atoms with Crippen LogP contribution in [-0.4, -0.2) is 35.7 Å². The second-order valence-corrected chi connectivity index (χ2v) is 5.87. The predicted molar refractivity (Wildman–Crippen MR) is 88.9 cm³/mol. The summed E-state index contributed by atoms with van der Waals surface area (Å²) in [5, 5.41) is 12.8. The molecule has 3 rings (SSSR count). The number of para-hydroxylation sites is 1. The Hall–Kier alpha value is -2.87. The van der Waals surface area contributed by atoms with Crippen LogP contribution in [0, 0.1) is 0 Å². The zero-order chi connectivity index (χ0) is 18.9. The third-order valence-electron chi connectivity index (χ3n) is 4.07. The number of carbonyl (C=O) groups excluding carboxylic acids is 1. The maximum atomic E-state index is 12.8. The van der Waals surface area contributed by atoms with Gasteiger partial charge in [0.25, 0.3) is 5.91 Å². The van der Waals surface area contributed by atoms with Crippen molar-refractivity contribution in [2.24, 2.45) is 5.16 Å². The van der Waals surface area contributed by atoms with Crippen LogP contribution in [0.15, 0.2) is 59.8 Å². The monoisotopic (exact) mass is 364 g/mol. The van der Waals surface area contributed by atoms with Crippen molar-refractivity contribution in [1.82, 2.24) is 0 Å². The molecule has 0 saturated carbocycles. The Kier molecular flexibility index (Phi) is 4.45. The fourth-order valence-electron chi connectivity index (χ4n) is 2.50. The van der Waals surface area contributed by atoms with Gasteiger partial charge >= 0.3 is 12.0 Å². The van der Waals surface area contributed by atoms with E-state index in [-0.39, 0.29) is 11.6 Å². The van der Waals surface area contributed by atoms with E-state index in [1.54, 1.807) is 19.2 Å². The van der Waals surface area contributed by atoms with Crippen LogP contribution >= 0.6 is 0 Å². The van der Waals surface area contributed by atoms with Gasteiger partial charge in [-0.3, -0.25) is 4.79 Å². The van der Waals surface area contributed by atoms with Crippen LogP contribution in [-0.2, 0) is 4.84 Å². The molecule has 1 aliphatic heterocycles. The van der Waals surface area contributed by atoms with Crippen molar-refractivity contribution < 1.29 is 27.9 Å². The maximum absolute atomic E-state index is 12.8. The Morgan fingerprint density at radius 3 is 2.31 bits per heavy atom. The van der Waals surface area contributed by atoms with Gasteiger partial charge in [-0.2, -0.15) is 13.2 Å². The molecule has 1 heterocycles. The van der Waals surface area contributed by atoms with Crippen molar-refractivity contribution in [2.75, 3.05) is 11.9 Å². The molecule has 0 saturated heterocycles. The minimum Gasteiger partial charge on any atom is -0.350 e. The van der Waals surface area contributed by atoms with E-state index in [9.17, 15) is 23.1 Å². The summed E-state index contributed by atoms with van der Waals surface area (Å²) in [6.45, 7) is 0. The molecule has 2 aromatic carbocycles. The van der Waals surface area contributed by atoms with Gasteiger partial charge in [-0.15, -0.1) is 0 Å². The summed E-state index contributed by atoms with van der Waals surface area (Å²) in [5.41, 5.74) is 1.38. The lowest BCUT2D eigenvalue weighted by Crippen LogP contribution is -2.45. The van der Waals surface area contributed by atoms with Gasteiger partial charge in [0.1, 0.15) is 0 Å². The summed E-state index contributed by atoms with van der Waals surface area (Å²) in [6, 6.07) is 14.9. The van der Waals surface area contributed by atoms with Crippen LogP contribution in [0.2, 0.25) is 0 Å². The highest BCUT2D eigenvalue weighted by Crippen LogP contribution is 2.38. The first-order valence-electron chi connectivity index (χ1n) is 7.69. The van der Waals surface area contributed by atoms with Crippen molar-refractivity contribution in [3.63, 3.8) is 0 Å². The SMILES string of the molecule is CN(C(=O)c1ccc(C2=NOC(O)(C(F)(F)F)C2)cc1)c1ccccc1. The van der Waals surface area contributed by atoms with Gasteiger partial charge < -0.3 is 14.8 Å². The number of alkyl halides is 3. The first kappa shape index (κ1) is 17.9. The van der Waals surface area contributed by atoms with E-state index >= 15 is 0 Å². The summed E-state index contributed by atoms with van der Waals surface area (Å²) in [6.07, 6.45) is -5.76. The summed E-state index contributed by atoms with van der Waals surface area (Å²) in [7, 11) is 1.63. The quantitative estimate of drug-likeness (QED) is 0.909. The normalized spacial score (nSPS) is 19.7. The highest BCUT2D eigenvalue weighted by molar-refractivity contribution is 6.07. The first-order valence-corrected chi connectivity index (χ1v) is 7.69. The Labute approximate surface area is 147 Å². The number of amides is 1. The van der Waals surface area contributed by atoms with Gasteiger partial charge in [0.2, 0.25) is 0 Å². The third-order valence-corrected chi connectivity index (χ3v) is 4.07. The molecule has 0 fully saturated rings. The standard InChI is InChI=1S/C18H15F3N2O3/c1-23(14-5-3-2-4-6-14)16(24)13-9-7-12(8-10-13)15-11-17(25,26-22-15)18(19,20)21/h2-10,25H,11H2,1H3. The molecular formula is C18H15F3N2O3. The zero-order valence-corrected chi connectivity index (χ0v) is 13.7. The molecule has 0 radical (unpaired) electrons. The number of oxime groups is 1. The van der Waals surface area contributed by atoms with Crippen LogP contribution < -0.4 is 4.90 Å². The molecule has 8 heteroatoms. The highest BCUT2D eigenvalue weighted by Gasteiger charge is 2.60. The number of aliphatic hydroxyl groups is 1. The molecule has 0 spiro atoms. The number of carbonyl (C=O) groups is 1. The molecule has 1 atom stereocenters. The average molecular weight is 364 g/mol. The summed E-state index contributed by atoms with van der Waals surface area (Å²) in [4.78, 5) is 18.1. The molecule has 2 aromatic rings. The van der Waals surface area contributed by atoms with E-state index in [0.29, 0.717) is 16.8 Å². The minimum atomic E-state index is -4.95. The number of benzene rings is 2. The highest BCUT2D eigenvalue weighted by atomic mass is 19.4. The Morgan fingerprint density at radius 1 is 1.15 bits per heavy atom. The van der Waals surface area contributed by atoms with E-state index in [4.69, 9.17) is 0 Å². The van der Waals surface area contributed by atoms with E-state index in [1.165, 1.54) is 29.2 Å². The number of hydrogen-bond donors (Lipinski definition) is 1. The van der Waals surface area contributed by atoms with Crippen molar-refractivity contribution >= 4 is 17.3 Å². The summed E-state index contributed by atoms with van der Waals surface area (Å²) < 4.78 is 38.3. The number of anilines is 1. The predicted octanol–water partition coefficient (Wildman–Crippen LogP) is 3.34. The van der Waals surface area contributed by atoms with E-state index in [1.807, 2.05) is 18.2 Å². The lowest BCUT2D eigenvalue weighted by molar-refractivity contribution is -0.355. The number of halogens is 3. The molecule has 0 aromatic heterocycles. The van der Waals surface area contributed by atoms with E-state index in [2.05, 4.69) is 9.99 Å². The summed E-state index contributed by atoms with van der Waals surface area (Å²) in [5.74, 6) is -3.58. The Bertz CT molecular complexity index is 835. The van der Waals surface area contributed by atoms with Crippen molar-refractivity contribution in [3.05, 3.63) is 65.7 Å². The van der Waals surface area contributed by atoms with Crippen LogP contribution in [0.1, 0.15) is 22.3 Å². The van der Waals surface area contributed by atoms with E-state index in [0.717, 1.165) is 0 Å². The van der Waals surface area contributed by atoms with Gasteiger partial charge in [0, 0.05) is 18.3 Å². The maximum Gasteiger partial charge on any atom is 0.458 e. The molecule has 1 amide bonds. The number of nitrogens with zero attached hydrogens (tertiary/aromatic N) is 2. The molecule has 5 nitrogen and oxygen atoms in total. The zero-order valence-electron chi connectivity index (χ0n) is 13.7. The van der Waals surface area contributed by atoms with Gasteiger partial charge in [-0.05, 0) is 29.8 Å². The molecule has 1 aliphatic rings. The minimum absolute atomic E-state index is 0.0414. The van der Waals surface area contributed by atoms with E-state index < -0.39 is 18.4 Å². The molecule has 136 valence electrons. The van der Waals surface area contributed by atoms with Gasteiger partial charge in [0.05, 0.1) is 12.1 Å². The lowest BCUT2D eigenvalue weighted by Gasteiger charge is -2.22. The molecule has 0 bridgehead atoms. The van der Waals surface area contributed by atoms with Crippen LogP contribution in [0.5, 0.6) is 0 Å². The topological polar surface area (TPSA) is 62.1 Å². The molecule has 0 aliphatic carbocycles. The third kappa shape index (κ3) is 3.28. The van der Waals surface area contributed by atoms with Crippen LogP contribution in [0.4, 0.5) is 18.9 Å². The number of hydrogen-bond acceptors (Lipinski definition) is 4. The number of rotatable bonds is 3. The van der Waals surface area contributed by atoms with Crippen LogP contribution in [0.3, 0.4) is 0 Å². The second kappa shape index (κ2) is 6.45. The van der Waals surface area contributed by atoms with Gasteiger partial charge in [-0.1, -0.05) is 35.5 Å². The van der Waals surface area contributed by atoms with Gasteiger partial charge in [0.15, 0.2) is 0 Å². The molecule has 26 heavy (non-hydrogen) atoms. The fraction of sp³-hybridized carbons (Fsp3) is 0.222. The Balaban J connectivity index is 1.75. The van der Waals surface area contributed by atoms with Crippen LogP contribution in [0.25, 0.3) is 0 Å². The average Bonchev–Trinajstić information content (AvgIpc) is 3.05. The fourth-order valence-corrected chi connectivity index (χ4v) is 2.50. The first-order chi connectivity index (χ1) is 12.2. The van der Waals surface area contributed by atoms with Crippen molar-refractivity contribution in [1.29, 1.82) is 0 Å². The smallest absolute Gasteiger partial charge is 0.350 e. The molecule has 1 N–H and O–H groups in total. The largest absolute Gasteiger partial charge is 0.458 e. The van der Waals surface area contributed by atoms with Crippen molar-refractivity contribution in [2.45, 2.75) is 18.4 Å². The Morgan fingerprint density at radius 2 is 1.77 bits per heavy atom. The van der Waals surface area contributed by atoms with Gasteiger partial charge in [-0.25, -0.2) is 0 Å².